The molecule has 0 unspecified atom stereocenters. The average Bonchev–Trinajstić information content (AvgIpc) is 2.92. The van der Waals surface area contributed by atoms with Gasteiger partial charge in [0, 0.05) is 31.1 Å². The van der Waals surface area contributed by atoms with Gasteiger partial charge in [0.15, 0.2) is 11.5 Å². The number of hydrogen-bond acceptors (Lipinski definition) is 5. The molecule has 1 N–H and O–H groups in total. The Labute approximate surface area is 169 Å². The Balaban J connectivity index is 1.65. The van der Waals surface area contributed by atoms with Crippen LogP contribution >= 0.6 is 11.6 Å². The van der Waals surface area contributed by atoms with Crippen LogP contribution in [-0.2, 0) is 21.4 Å². The van der Waals surface area contributed by atoms with Gasteiger partial charge in [-0.05, 0) is 23.8 Å². The third-order valence-corrected chi connectivity index (χ3v) is 6.40. The monoisotopic (exact) mass is 424 g/mol. The van der Waals surface area contributed by atoms with Gasteiger partial charge < -0.3 is 14.8 Å². The Kier molecular flexibility index (Phi) is 6.43. The van der Waals surface area contributed by atoms with Crippen LogP contribution in [0.25, 0.3) is 0 Å². The Bertz CT molecular complexity index is 965. The first kappa shape index (κ1) is 20.4. The van der Waals surface area contributed by atoms with Crippen molar-refractivity contribution < 1.29 is 22.7 Å². The number of amides is 1. The number of nitrogens with zero attached hydrogens (tertiary/aromatic N) is 1. The fourth-order valence-corrected chi connectivity index (χ4v) is 4.01. The van der Waals surface area contributed by atoms with Gasteiger partial charge in [-0.2, -0.15) is 4.31 Å². The van der Waals surface area contributed by atoms with Crippen molar-refractivity contribution in [2.24, 2.45) is 0 Å². The SMILES string of the molecule is CN(CC(=O)NCc1ccccc1Cl)S(=O)(=O)c1ccc2c(c1)OCCCO2. The Morgan fingerprint density at radius 2 is 1.86 bits per heavy atom. The minimum absolute atomic E-state index is 0.0400. The van der Waals surface area contributed by atoms with E-state index in [1.165, 1.54) is 19.2 Å². The molecular formula is C19H21ClN2O5S. The number of likely N-dealkylation sites (N-methyl/N-ethyl adjacent to an activating group) is 1. The Morgan fingerprint density at radius 1 is 1.14 bits per heavy atom. The lowest BCUT2D eigenvalue weighted by molar-refractivity contribution is -0.121. The van der Waals surface area contributed by atoms with E-state index in [1.54, 1.807) is 24.3 Å². The molecule has 0 fully saturated rings. The summed E-state index contributed by atoms with van der Waals surface area (Å²) in [6.07, 6.45) is 0.724. The smallest absolute Gasteiger partial charge is 0.243 e. The van der Waals surface area contributed by atoms with Gasteiger partial charge in [0.1, 0.15) is 0 Å². The number of carbonyl (C=O) groups excluding carboxylic acids is 1. The summed E-state index contributed by atoms with van der Waals surface area (Å²) >= 11 is 6.06. The van der Waals surface area contributed by atoms with Gasteiger partial charge in [-0.1, -0.05) is 29.8 Å². The second kappa shape index (κ2) is 8.81. The molecular weight excluding hydrogens is 404 g/mol. The predicted molar refractivity (Wildman–Crippen MR) is 105 cm³/mol. The minimum atomic E-state index is -3.86. The number of fused-ring (bicyclic) bond motifs is 1. The molecule has 1 amide bonds. The molecule has 0 saturated carbocycles. The zero-order chi connectivity index (χ0) is 20.1. The summed E-state index contributed by atoms with van der Waals surface area (Å²) in [4.78, 5) is 12.2. The largest absolute Gasteiger partial charge is 0.490 e. The molecule has 0 aromatic heterocycles. The maximum absolute atomic E-state index is 12.8. The van der Waals surface area contributed by atoms with Crippen LogP contribution < -0.4 is 14.8 Å². The summed E-state index contributed by atoms with van der Waals surface area (Å²) in [6.45, 7) is 0.874. The van der Waals surface area contributed by atoms with Crippen molar-refractivity contribution in [2.75, 3.05) is 26.8 Å². The molecule has 0 spiro atoms. The average molecular weight is 425 g/mol. The third kappa shape index (κ3) is 4.76. The van der Waals surface area contributed by atoms with E-state index < -0.39 is 15.9 Å². The highest BCUT2D eigenvalue weighted by atomic mass is 35.5. The normalized spacial score (nSPS) is 13.8. The first-order valence-corrected chi connectivity index (χ1v) is 10.6. The molecule has 7 nitrogen and oxygen atoms in total. The third-order valence-electron chi connectivity index (χ3n) is 4.23. The number of rotatable bonds is 6. The molecule has 28 heavy (non-hydrogen) atoms. The second-order valence-corrected chi connectivity index (χ2v) is 8.74. The fourth-order valence-electron chi connectivity index (χ4n) is 2.66. The Hall–Kier alpha value is -2.29. The summed E-state index contributed by atoms with van der Waals surface area (Å²) in [5, 5.41) is 3.22. The maximum Gasteiger partial charge on any atom is 0.243 e. The van der Waals surface area contributed by atoms with Gasteiger partial charge in [-0.3, -0.25) is 4.79 Å². The number of nitrogens with one attached hydrogen (secondary N) is 1. The molecule has 9 heteroatoms. The number of benzene rings is 2. The van der Waals surface area contributed by atoms with E-state index in [0.717, 1.165) is 16.3 Å². The lowest BCUT2D eigenvalue weighted by Gasteiger charge is -2.18. The number of hydrogen-bond donors (Lipinski definition) is 1. The van der Waals surface area contributed by atoms with Crippen LogP contribution in [0.15, 0.2) is 47.4 Å². The van der Waals surface area contributed by atoms with E-state index in [2.05, 4.69) is 5.32 Å². The molecule has 0 bridgehead atoms. The van der Waals surface area contributed by atoms with Crippen molar-refractivity contribution in [1.82, 2.24) is 9.62 Å². The van der Waals surface area contributed by atoms with Crippen molar-refractivity contribution in [3.8, 4) is 11.5 Å². The van der Waals surface area contributed by atoms with Crippen molar-refractivity contribution in [3.63, 3.8) is 0 Å². The highest BCUT2D eigenvalue weighted by Crippen LogP contribution is 2.32. The van der Waals surface area contributed by atoms with Gasteiger partial charge >= 0.3 is 0 Å². The van der Waals surface area contributed by atoms with E-state index in [4.69, 9.17) is 21.1 Å². The van der Waals surface area contributed by atoms with Gasteiger partial charge in [0.2, 0.25) is 15.9 Å². The van der Waals surface area contributed by atoms with Crippen molar-refractivity contribution in [2.45, 2.75) is 17.9 Å². The van der Waals surface area contributed by atoms with Crippen LogP contribution in [0, 0.1) is 0 Å². The van der Waals surface area contributed by atoms with E-state index in [9.17, 15) is 13.2 Å². The summed E-state index contributed by atoms with van der Waals surface area (Å²) in [6, 6.07) is 11.6. The molecule has 1 heterocycles. The number of carbonyl (C=O) groups is 1. The number of halogens is 1. The van der Waals surface area contributed by atoms with Crippen molar-refractivity contribution in [1.29, 1.82) is 0 Å². The maximum atomic E-state index is 12.8. The quantitative estimate of drug-likeness (QED) is 0.769. The highest BCUT2D eigenvalue weighted by Gasteiger charge is 2.25. The van der Waals surface area contributed by atoms with Crippen LogP contribution in [0.5, 0.6) is 11.5 Å². The zero-order valence-corrected chi connectivity index (χ0v) is 16.9. The molecule has 2 aromatic rings. The van der Waals surface area contributed by atoms with Crippen LogP contribution in [0.1, 0.15) is 12.0 Å². The minimum Gasteiger partial charge on any atom is -0.490 e. The molecule has 1 aliphatic rings. The van der Waals surface area contributed by atoms with Crippen LogP contribution in [0.4, 0.5) is 0 Å². The molecule has 0 saturated heterocycles. The second-order valence-electron chi connectivity index (χ2n) is 6.29. The molecule has 0 atom stereocenters. The van der Waals surface area contributed by atoms with Gasteiger partial charge in [0.05, 0.1) is 24.7 Å². The van der Waals surface area contributed by atoms with Crippen LogP contribution in [-0.4, -0.2) is 45.4 Å². The zero-order valence-electron chi connectivity index (χ0n) is 15.4. The van der Waals surface area contributed by atoms with Gasteiger partial charge in [0.25, 0.3) is 0 Å². The summed E-state index contributed by atoms with van der Waals surface area (Å²) < 4.78 is 37.6. The molecule has 3 rings (SSSR count). The van der Waals surface area contributed by atoms with E-state index in [0.29, 0.717) is 29.7 Å². The summed E-state index contributed by atoms with van der Waals surface area (Å²) in [5.74, 6) is 0.465. The molecule has 0 radical (unpaired) electrons. The van der Waals surface area contributed by atoms with Crippen molar-refractivity contribution in [3.05, 3.63) is 53.1 Å². The van der Waals surface area contributed by atoms with E-state index in [1.807, 2.05) is 6.07 Å². The molecule has 0 aliphatic carbocycles. The fraction of sp³-hybridized carbons (Fsp3) is 0.316. The Morgan fingerprint density at radius 3 is 2.61 bits per heavy atom. The first-order chi connectivity index (χ1) is 13.4. The van der Waals surface area contributed by atoms with Crippen molar-refractivity contribution >= 4 is 27.5 Å². The highest BCUT2D eigenvalue weighted by molar-refractivity contribution is 7.89. The number of ether oxygens (including phenoxy) is 2. The lowest BCUT2D eigenvalue weighted by Crippen LogP contribution is -2.38. The van der Waals surface area contributed by atoms with Crippen LogP contribution in [0.2, 0.25) is 5.02 Å². The number of sulfonamides is 1. The lowest BCUT2D eigenvalue weighted by atomic mass is 10.2. The summed E-state index contributed by atoms with van der Waals surface area (Å²) in [5.41, 5.74) is 0.755. The topological polar surface area (TPSA) is 84.9 Å². The van der Waals surface area contributed by atoms with E-state index in [-0.39, 0.29) is 18.0 Å². The first-order valence-electron chi connectivity index (χ1n) is 8.74. The standard InChI is InChI=1S/C19H21ClN2O5S/c1-22(13-19(23)21-12-14-5-2-3-6-16(14)20)28(24,25)15-7-8-17-18(11-15)27-10-4-9-26-17/h2-3,5-8,11H,4,9-10,12-13H2,1H3,(H,21,23). The predicted octanol–water partition coefficient (Wildman–Crippen LogP) is 2.44. The van der Waals surface area contributed by atoms with Gasteiger partial charge in [-0.25, -0.2) is 8.42 Å². The summed E-state index contributed by atoms with van der Waals surface area (Å²) in [7, 11) is -2.51. The molecule has 150 valence electrons. The molecule has 1 aliphatic heterocycles. The van der Waals surface area contributed by atoms with E-state index >= 15 is 0 Å². The van der Waals surface area contributed by atoms with Crippen LogP contribution in [0.3, 0.4) is 0 Å². The van der Waals surface area contributed by atoms with Gasteiger partial charge in [-0.15, -0.1) is 0 Å². The molecule has 2 aromatic carbocycles.